The number of rotatable bonds is 4. The summed E-state index contributed by atoms with van der Waals surface area (Å²) in [6, 6.07) is 11.2. The molecule has 2 N–H and O–H groups in total. The minimum atomic E-state index is -0.497. The lowest BCUT2D eigenvalue weighted by Gasteiger charge is -2.12. The summed E-state index contributed by atoms with van der Waals surface area (Å²) in [5.74, 6) is -0.0664. The monoisotopic (exact) mass is 285 g/mol. The fourth-order valence-corrected chi connectivity index (χ4v) is 2.04. The topological polar surface area (TPSA) is 61.5 Å². The first-order chi connectivity index (χ1) is 10.0. The Hall–Kier alpha value is -2.49. The van der Waals surface area contributed by atoms with Crippen molar-refractivity contribution in [3.63, 3.8) is 0 Å². The van der Waals surface area contributed by atoms with E-state index in [4.69, 9.17) is 15.2 Å². The average molecular weight is 285 g/mol. The fraction of sp³-hybridized carbons (Fsp3) is 0.235. The van der Waals surface area contributed by atoms with Crippen LogP contribution in [0.5, 0.6) is 5.75 Å². The summed E-state index contributed by atoms with van der Waals surface area (Å²) in [7, 11) is 1.32. The molecule has 0 radical (unpaired) electrons. The summed E-state index contributed by atoms with van der Waals surface area (Å²) in [5.41, 5.74) is 9.92. The highest BCUT2D eigenvalue weighted by Crippen LogP contribution is 2.26. The van der Waals surface area contributed by atoms with E-state index in [1.54, 1.807) is 18.2 Å². The van der Waals surface area contributed by atoms with E-state index >= 15 is 0 Å². The smallest absolute Gasteiger partial charge is 0.343 e. The van der Waals surface area contributed by atoms with Gasteiger partial charge in [-0.1, -0.05) is 24.3 Å². The molecule has 0 aromatic heterocycles. The highest BCUT2D eigenvalue weighted by Gasteiger charge is 2.16. The Morgan fingerprint density at radius 3 is 2.57 bits per heavy atom. The molecule has 0 saturated heterocycles. The van der Waals surface area contributed by atoms with Crippen LogP contribution in [0, 0.1) is 13.8 Å². The van der Waals surface area contributed by atoms with Crippen LogP contribution in [0.3, 0.4) is 0 Å². The zero-order valence-electron chi connectivity index (χ0n) is 12.5. The lowest BCUT2D eigenvalue weighted by molar-refractivity contribution is 0.0597. The summed E-state index contributed by atoms with van der Waals surface area (Å²) in [4.78, 5) is 11.8. The standard InChI is InChI=1S/C17H19NO3/c1-11-7-8-13(9-12(11)2)10-21-15-6-4-5-14(18)16(15)17(19)20-3/h4-9H,10,18H2,1-3H3. The van der Waals surface area contributed by atoms with Crippen LogP contribution in [0.4, 0.5) is 5.69 Å². The van der Waals surface area contributed by atoms with Crippen LogP contribution in [-0.4, -0.2) is 13.1 Å². The van der Waals surface area contributed by atoms with E-state index in [-0.39, 0.29) is 5.56 Å². The molecular weight excluding hydrogens is 266 g/mol. The van der Waals surface area contributed by atoms with E-state index in [9.17, 15) is 4.79 Å². The second-order valence-electron chi connectivity index (χ2n) is 4.92. The molecule has 0 atom stereocenters. The molecule has 2 aromatic rings. The number of benzene rings is 2. The zero-order chi connectivity index (χ0) is 15.4. The van der Waals surface area contributed by atoms with Gasteiger partial charge in [0.05, 0.1) is 7.11 Å². The summed E-state index contributed by atoms with van der Waals surface area (Å²) in [5, 5.41) is 0. The van der Waals surface area contributed by atoms with Crippen LogP contribution < -0.4 is 10.5 Å². The van der Waals surface area contributed by atoms with Crippen molar-refractivity contribution < 1.29 is 14.3 Å². The first-order valence-electron chi connectivity index (χ1n) is 6.68. The molecule has 0 heterocycles. The van der Waals surface area contributed by atoms with Gasteiger partial charge in [0.25, 0.3) is 0 Å². The van der Waals surface area contributed by atoms with Crippen molar-refractivity contribution in [1.29, 1.82) is 0 Å². The molecule has 4 heteroatoms. The van der Waals surface area contributed by atoms with Crippen LogP contribution in [0.1, 0.15) is 27.0 Å². The molecule has 0 aliphatic carbocycles. The number of hydrogen-bond donors (Lipinski definition) is 1. The summed E-state index contributed by atoms with van der Waals surface area (Å²) < 4.78 is 10.5. The predicted octanol–water partition coefficient (Wildman–Crippen LogP) is 3.25. The largest absolute Gasteiger partial charge is 0.488 e. The van der Waals surface area contributed by atoms with Crippen molar-refractivity contribution in [3.8, 4) is 5.75 Å². The van der Waals surface area contributed by atoms with Crippen LogP contribution in [0.2, 0.25) is 0 Å². The summed E-state index contributed by atoms with van der Waals surface area (Å²) in [6.07, 6.45) is 0. The molecule has 110 valence electrons. The lowest BCUT2D eigenvalue weighted by Crippen LogP contribution is -2.09. The molecule has 0 spiro atoms. The maximum Gasteiger partial charge on any atom is 0.343 e. The van der Waals surface area contributed by atoms with Crippen LogP contribution in [0.15, 0.2) is 36.4 Å². The first-order valence-corrected chi connectivity index (χ1v) is 6.68. The highest BCUT2D eigenvalue weighted by atomic mass is 16.5. The number of methoxy groups -OCH3 is 1. The van der Waals surface area contributed by atoms with Crippen molar-refractivity contribution >= 4 is 11.7 Å². The lowest BCUT2D eigenvalue weighted by atomic mass is 10.1. The fourth-order valence-electron chi connectivity index (χ4n) is 2.04. The number of nitrogens with two attached hydrogens (primary N) is 1. The summed E-state index contributed by atoms with van der Waals surface area (Å²) in [6.45, 7) is 4.49. The van der Waals surface area contributed by atoms with E-state index in [0.29, 0.717) is 18.0 Å². The van der Waals surface area contributed by atoms with Crippen molar-refractivity contribution in [1.82, 2.24) is 0 Å². The van der Waals surface area contributed by atoms with Crippen molar-refractivity contribution in [2.75, 3.05) is 12.8 Å². The van der Waals surface area contributed by atoms with Crippen LogP contribution in [-0.2, 0) is 11.3 Å². The van der Waals surface area contributed by atoms with Gasteiger partial charge >= 0.3 is 5.97 Å². The number of carbonyl (C=O) groups is 1. The average Bonchev–Trinajstić information content (AvgIpc) is 2.48. The number of aryl methyl sites for hydroxylation is 2. The van der Waals surface area contributed by atoms with Gasteiger partial charge in [0.2, 0.25) is 0 Å². The quantitative estimate of drug-likeness (QED) is 0.692. The SMILES string of the molecule is COC(=O)c1c(N)cccc1OCc1ccc(C)c(C)c1. The molecule has 0 fully saturated rings. The number of nitrogen functional groups attached to an aromatic ring is 1. The molecule has 4 nitrogen and oxygen atoms in total. The Morgan fingerprint density at radius 1 is 1.14 bits per heavy atom. The Labute approximate surface area is 124 Å². The highest BCUT2D eigenvalue weighted by molar-refractivity contribution is 5.98. The van der Waals surface area contributed by atoms with Gasteiger partial charge in [-0.25, -0.2) is 4.79 Å². The molecule has 2 aromatic carbocycles. The molecule has 0 amide bonds. The number of ether oxygens (including phenoxy) is 2. The van der Waals surface area contributed by atoms with Crippen LogP contribution >= 0.6 is 0 Å². The van der Waals surface area contributed by atoms with Crippen molar-refractivity contribution in [2.45, 2.75) is 20.5 Å². The third kappa shape index (κ3) is 3.34. The number of anilines is 1. The third-order valence-corrected chi connectivity index (χ3v) is 3.41. The zero-order valence-corrected chi connectivity index (χ0v) is 12.5. The molecule has 21 heavy (non-hydrogen) atoms. The molecule has 0 aliphatic rings. The van der Waals surface area contributed by atoms with Crippen molar-refractivity contribution in [3.05, 3.63) is 58.7 Å². The number of hydrogen-bond acceptors (Lipinski definition) is 4. The van der Waals surface area contributed by atoms with E-state index in [1.165, 1.54) is 18.2 Å². The second kappa shape index (κ2) is 6.31. The van der Waals surface area contributed by atoms with E-state index in [0.717, 1.165) is 5.56 Å². The van der Waals surface area contributed by atoms with Gasteiger partial charge in [-0.2, -0.15) is 0 Å². The van der Waals surface area contributed by atoms with Gasteiger partial charge in [-0.3, -0.25) is 0 Å². The van der Waals surface area contributed by atoms with Gasteiger partial charge in [0, 0.05) is 5.69 Å². The van der Waals surface area contributed by atoms with Gasteiger partial charge in [0.1, 0.15) is 17.9 Å². The molecule has 0 bridgehead atoms. The van der Waals surface area contributed by atoms with Gasteiger partial charge in [-0.05, 0) is 42.7 Å². The Bertz CT molecular complexity index is 665. The molecule has 0 unspecified atom stereocenters. The van der Waals surface area contributed by atoms with Crippen LogP contribution in [0.25, 0.3) is 0 Å². The van der Waals surface area contributed by atoms with Crippen molar-refractivity contribution in [2.24, 2.45) is 0 Å². The van der Waals surface area contributed by atoms with Gasteiger partial charge in [0.15, 0.2) is 0 Å². The number of carbonyl (C=O) groups excluding carboxylic acids is 1. The minimum absolute atomic E-state index is 0.267. The molecule has 0 saturated carbocycles. The van der Waals surface area contributed by atoms with E-state index in [2.05, 4.69) is 26.0 Å². The second-order valence-corrected chi connectivity index (χ2v) is 4.92. The Kier molecular flexibility index (Phi) is 4.48. The van der Waals surface area contributed by atoms with E-state index in [1.807, 2.05) is 6.07 Å². The molecule has 0 aliphatic heterocycles. The van der Waals surface area contributed by atoms with E-state index < -0.39 is 5.97 Å². The minimum Gasteiger partial charge on any atom is -0.488 e. The maximum atomic E-state index is 11.8. The summed E-state index contributed by atoms with van der Waals surface area (Å²) >= 11 is 0. The first kappa shape index (κ1) is 14.9. The Balaban J connectivity index is 2.22. The van der Waals surface area contributed by atoms with Gasteiger partial charge in [-0.15, -0.1) is 0 Å². The molecule has 2 rings (SSSR count). The third-order valence-electron chi connectivity index (χ3n) is 3.41. The predicted molar refractivity (Wildman–Crippen MR) is 82.4 cm³/mol. The van der Waals surface area contributed by atoms with Gasteiger partial charge < -0.3 is 15.2 Å². The number of esters is 1. The maximum absolute atomic E-state index is 11.8. The Morgan fingerprint density at radius 2 is 1.90 bits per heavy atom. The normalized spacial score (nSPS) is 10.2. The molecular formula is C17H19NO3.